The number of rotatable bonds is 4. The summed E-state index contributed by atoms with van der Waals surface area (Å²) in [7, 11) is 0. The van der Waals surface area contributed by atoms with Crippen molar-refractivity contribution in [3.8, 4) is 5.75 Å². The maximum absolute atomic E-state index is 10.5. The first kappa shape index (κ1) is 15.7. The van der Waals surface area contributed by atoms with Crippen LogP contribution in [0.25, 0.3) is 0 Å². The van der Waals surface area contributed by atoms with Crippen LogP contribution in [0, 0.1) is 30.6 Å². The van der Waals surface area contributed by atoms with Crippen LogP contribution in [0.2, 0.25) is 0 Å². The normalized spacial score (nSPS) is 34.5. The quantitative estimate of drug-likeness (QED) is 0.632. The highest BCUT2D eigenvalue weighted by Gasteiger charge is 2.45. The molecule has 3 nitrogen and oxygen atoms in total. The monoisotopic (exact) mass is 326 g/mol. The first-order valence-corrected chi connectivity index (χ1v) is 9.27. The summed E-state index contributed by atoms with van der Waals surface area (Å²) in [4.78, 5) is 10.5. The highest BCUT2D eigenvalue weighted by molar-refractivity contribution is 5.79. The van der Waals surface area contributed by atoms with E-state index in [1.807, 2.05) is 13.0 Å². The molecule has 0 spiro atoms. The number of fused-ring (bicyclic) bond motifs is 2. The summed E-state index contributed by atoms with van der Waals surface area (Å²) >= 11 is 0. The second kappa shape index (κ2) is 6.27. The van der Waals surface area contributed by atoms with Crippen molar-refractivity contribution < 1.29 is 14.6 Å². The molecular formula is C21H26O3. The molecule has 128 valence electrons. The Bertz CT molecular complexity index is 657. The van der Waals surface area contributed by atoms with E-state index in [1.54, 1.807) is 0 Å². The first-order chi connectivity index (χ1) is 11.6. The van der Waals surface area contributed by atoms with Gasteiger partial charge in [-0.2, -0.15) is 0 Å². The van der Waals surface area contributed by atoms with Crippen molar-refractivity contribution in [2.45, 2.75) is 51.4 Å². The van der Waals surface area contributed by atoms with E-state index in [0.29, 0.717) is 5.92 Å². The van der Waals surface area contributed by atoms with E-state index in [0.717, 1.165) is 41.1 Å². The van der Waals surface area contributed by atoms with Crippen molar-refractivity contribution in [2.24, 2.45) is 23.7 Å². The summed E-state index contributed by atoms with van der Waals surface area (Å²) in [5.74, 6) is 4.24. The van der Waals surface area contributed by atoms with Gasteiger partial charge in [-0.1, -0.05) is 18.6 Å². The molecule has 0 amide bonds. The largest absolute Gasteiger partial charge is 0.478 e. The molecule has 1 aromatic carbocycles. The number of ether oxygens (including phenoxy) is 1. The predicted octanol–water partition coefficient (Wildman–Crippen LogP) is 4.90. The highest BCUT2D eigenvalue weighted by atomic mass is 16.5. The molecule has 3 aliphatic rings. The van der Waals surface area contributed by atoms with Crippen molar-refractivity contribution in [2.75, 3.05) is 0 Å². The van der Waals surface area contributed by atoms with E-state index in [2.05, 4.69) is 12.1 Å². The van der Waals surface area contributed by atoms with Gasteiger partial charge in [0.25, 0.3) is 0 Å². The fourth-order valence-electron chi connectivity index (χ4n) is 5.71. The van der Waals surface area contributed by atoms with Crippen LogP contribution in [0.3, 0.4) is 0 Å². The number of hydrogen-bond acceptors (Lipinski definition) is 2. The maximum Gasteiger partial charge on any atom is 0.331 e. The second-order valence-corrected chi connectivity index (χ2v) is 8.07. The van der Waals surface area contributed by atoms with E-state index in [-0.39, 0.29) is 0 Å². The summed E-state index contributed by atoms with van der Waals surface area (Å²) in [6.45, 7) is 2.05. The van der Waals surface area contributed by atoms with Crippen molar-refractivity contribution in [1.29, 1.82) is 0 Å². The molecule has 5 unspecified atom stereocenters. The fourth-order valence-corrected chi connectivity index (χ4v) is 5.71. The third-order valence-corrected chi connectivity index (χ3v) is 6.59. The van der Waals surface area contributed by atoms with Gasteiger partial charge < -0.3 is 9.84 Å². The number of carboxylic acid groups (broad SMARTS) is 1. The Morgan fingerprint density at radius 1 is 1.17 bits per heavy atom. The summed E-state index contributed by atoms with van der Waals surface area (Å²) in [5, 5.41) is 8.65. The first-order valence-electron chi connectivity index (χ1n) is 9.27. The molecule has 0 aliphatic heterocycles. The Hall–Kier alpha value is -1.77. The predicted molar refractivity (Wildman–Crippen MR) is 93.0 cm³/mol. The Morgan fingerprint density at radius 2 is 2.00 bits per heavy atom. The molecule has 3 aliphatic carbocycles. The Labute approximate surface area is 143 Å². The van der Waals surface area contributed by atoms with E-state index in [1.165, 1.54) is 50.4 Å². The van der Waals surface area contributed by atoms with E-state index < -0.39 is 5.97 Å². The summed E-state index contributed by atoms with van der Waals surface area (Å²) in [6, 6.07) is 6.48. The SMILES string of the molecule is Cc1cc(C2CC3CC4CCC2C(C4)C3)ccc1O/C=C/C(=O)O. The van der Waals surface area contributed by atoms with Crippen molar-refractivity contribution in [3.63, 3.8) is 0 Å². The standard InChI is InChI=1S/C21H26O3/c1-13-8-16(3-5-20(13)24-7-6-21(22)23)19-12-15-9-14-2-4-18(19)17(10-14)11-15/h3,5-8,14-15,17-19H,2,4,9-12H2,1H3,(H,22,23)/b7-6+. The minimum atomic E-state index is -0.992. The minimum absolute atomic E-state index is 0.706. The molecule has 3 heteroatoms. The minimum Gasteiger partial charge on any atom is -0.478 e. The molecule has 3 fully saturated rings. The molecule has 0 saturated heterocycles. The van der Waals surface area contributed by atoms with Crippen molar-refractivity contribution >= 4 is 5.97 Å². The van der Waals surface area contributed by atoms with Crippen molar-refractivity contribution in [1.82, 2.24) is 0 Å². The van der Waals surface area contributed by atoms with Crippen LogP contribution in [-0.4, -0.2) is 11.1 Å². The number of benzene rings is 1. The zero-order valence-electron chi connectivity index (χ0n) is 14.3. The van der Waals surface area contributed by atoms with Crippen LogP contribution in [-0.2, 0) is 4.79 Å². The Balaban J connectivity index is 1.54. The molecule has 0 heterocycles. The molecular weight excluding hydrogens is 300 g/mol. The fraction of sp³-hybridized carbons (Fsp3) is 0.571. The van der Waals surface area contributed by atoms with E-state index >= 15 is 0 Å². The molecule has 3 saturated carbocycles. The molecule has 0 aromatic heterocycles. The molecule has 3 bridgehead atoms. The third-order valence-electron chi connectivity index (χ3n) is 6.59. The number of aliphatic carboxylic acids is 1. The summed E-state index contributed by atoms with van der Waals surface area (Å²) in [5.41, 5.74) is 2.55. The summed E-state index contributed by atoms with van der Waals surface area (Å²) in [6.07, 6.45) is 10.9. The van der Waals surface area contributed by atoms with Gasteiger partial charge in [-0.25, -0.2) is 4.79 Å². The van der Waals surface area contributed by atoms with Gasteiger partial charge in [0.2, 0.25) is 0 Å². The third kappa shape index (κ3) is 2.97. The zero-order chi connectivity index (χ0) is 16.7. The van der Waals surface area contributed by atoms with Crippen LogP contribution in [0.1, 0.15) is 55.6 Å². The van der Waals surface area contributed by atoms with Gasteiger partial charge in [-0.05, 0) is 85.8 Å². The van der Waals surface area contributed by atoms with Crippen LogP contribution < -0.4 is 4.74 Å². The number of hydrogen-bond donors (Lipinski definition) is 1. The molecule has 1 N–H and O–H groups in total. The molecule has 0 radical (unpaired) electrons. The highest BCUT2D eigenvalue weighted by Crippen LogP contribution is 2.57. The smallest absolute Gasteiger partial charge is 0.331 e. The topological polar surface area (TPSA) is 46.5 Å². The van der Waals surface area contributed by atoms with Gasteiger partial charge in [-0.3, -0.25) is 0 Å². The molecule has 1 aromatic rings. The van der Waals surface area contributed by atoms with Gasteiger partial charge in [0, 0.05) is 0 Å². The molecule has 4 rings (SSSR count). The zero-order valence-corrected chi connectivity index (χ0v) is 14.3. The van der Waals surface area contributed by atoms with Gasteiger partial charge >= 0.3 is 5.97 Å². The average molecular weight is 326 g/mol. The van der Waals surface area contributed by atoms with Crippen molar-refractivity contribution in [3.05, 3.63) is 41.7 Å². The van der Waals surface area contributed by atoms with E-state index in [9.17, 15) is 4.79 Å². The second-order valence-electron chi connectivity index (χ2n) is 8.07. The van der Waals surface area contributed by atoms with Gasteiger partial charge in [0.1, 0.15) is 5.75 Å². The van der Waals surface area contributed by atoms with Gasteiger partial charge in [-0.15, -0.1) is 0 Å². The van der Waals surface area contributed by atoms with Gasteiger partial charge in [0.05, 0.1) is 12.3 Å². The number of carboxylic acids is 1. The lowest BCUT2D eigenvalue weighted by Crippen LogP contribution is -2.41. The lowest BCUT2D eigenvalue weighted by atomic mass is 9.53. The van der Waals surface area contributed by atoms with Crippen LogP contribution in [0.5, 0.6) is 5.75 Å². The van der Waals surface area contributed by atoms with Crippen LogP contribution in [0.15, 0.2) is 30.5 Å². The lowest BCUT2D eigenvalue weighted by Gasteiger charge is -2.52. The molecule has 24 heavy (non-hydrogen) atoms. The van der Waals surface area contributed by atoms with Crippen LogP contribution >= 0.6 is 0 Å². The summed E-state index contributed by atoms with van der Waals surface area (Å²) < 4.78 is 5.46. The van der Waals surface area contributed by atoms with Gasteiger partial charge in [0.15, 0.2) is 0 Å². The van der Waals surface area contributed by atoms with Crippen LogP contribution in [0.4, 0.5) is 0 Å². The Morgan fingerprint density at radius 3 is 2.79 bits per heavy atom. The number of carbonyl (C=O) groups is 1. The Kier molecular flexibility index (Phi) is 4.11. The maximum atomic E-state index is 10.5. The molecule has 5 atom stereocenters. The lowest BCUT2D eigenvalue weighted by molar-refractivity contribution is -0.131. The number of aryl methyl sites for hydroxylation is 1. The average Bonchev–Trinajstić information content (AvgIpc) is 2.53. The van der Waals surface area contributed by atoms with E-state index in [4.69, 9.17) is 9.84 Å².